The molecule has 1 aromatic rings. The van der Waals surface area contributed by atoms with Crippen LogP contribution in [0.25, 0.3) is 0 Å². The molecule has 0 aliphatic rings. The van der Waals surface area contributed by atoms with Crippen LogP contribution in [0.2, 0.25) is 5.02 Å². The third-order valence-corrected chi connectivity index (χ3v) is 1.78. The zero-order valence-electron chi connectivity index (χ0n) is 5.94. The first kappa shape index (κ1) is 7.42. The largest absolute Gasteiger partial charge is 0.495 e. The van der Waals surface area contributed by atoms with E-state index in [0.29, 0.717) is 10.8 Å². The lowest BCUT2D eigenvalue weighted by Gasteiger charge is -2.02. The van der Waals surface area contributed by atoms with Crippen LogP contribution >= 0.6 is 11.6 Å². The summed E-state index contributed by atoms with van der Waals surface area (Å²) in [6.07, 6.45) is 0. The molecule has 1 rings (SSSR count). The number of aryl methyl sites for hydroxylation is 1. The summed E-state index contributed by atoms with van der Waals surface area (Å²) >= 11 is 5.85. The standard InChI is InChI=1S/C8H8ClO/c1-6-4-3-5-7(10-2)8(6)9/h4-5H,1-2H3. The van der Waals surface area contributed by atoms with Crippen molar-refractivity contribution >= 4 is 11.6 Å². The monoisotopic (exact) mass is 155 g/mol. The van der Waals surface area contributed by atoms with Gasteiger partial charge in [0.05, 0.1) is 12.1 Å². The van der Waals surface area contributed by atoms with Gasteiger partial charge in [0, 0.05) is 0 Å². The van der Waals surface area contributed by atoms with Crippen molar-refractivity contribution in [1.82, 2.24) is 0 Å². The highest BCUT2D eigenvalue weighted by Gasteiger charge is 2.00. The Morgan fingerprint density at radius 2 is 2.20 bits per heavy atom. The van der Waals surface area contributed by atoms with Gasteiger partial charge in [0.25, 0.3) is 0 Å². The van der Waals surface area contributed by atoms with Crippen molar-refractivity contribution in [2.75, 3.05) is 7.11 Å². The maximum absolute atomic E-state index is 5.85. The first-order valence-corrected chi connectivity index (χ1v) is 3.33. The predicted molar refractivity (Wildman–Crippen MR) is 41.6 cm³/mol. The minimum Gasteiger partial charge on any atom is -0.495 e. The van der Waals surface area contributed by atoms with E-state index in [1.54, 1.807) is 13.2 Å². The van der Waals surface area contributed by atoms with Crippen molar-refractivity contribution in [3.05, 3.63) is 28.8 Å². The third kappa shape index (κ3) is 1.24. The van der Waals surface area contributed by atoms with E-state index in [1.807, 2.05) is 13.0 Å². The molecule has 0 fully saturated rings. The van der Waals surface area contributed by atoms with E-state index in [1.165, 1.54) is 0 Å². The minimum atomic E-state index is 0.668. The highest BCUT2D eigenvalue weighted by atomic mass is 35.5. The van der Waals surface area contributed by atoms with E-state index in [2.05, 4.69) is 6.07 Å². The van der Waals surface area contributed by atoms with Crippen LogP contribution in [0.1, 0.15) is 5.56 Å². The summed E-state index contributed by atoms with van der Waals surface area (Å²) in [5, 5.41) is 0.668. The summed E-state index contributed by atoms with van der Waals surface area (Å²) in [7, 11) is 1.59. The molecule has 0 aliphatic carbocycles. The van der Waals surface area contributed by atoms with Crippen molar-refractivity contribution in [2.45, 2.75) is 6.92 Å². The van der Waals surface area contributed by atoms with E-state index in [0.717, 1.165) is 5.56 Å². The Bertz CT molecular complexity index is 233. The van der Waals surface area contributed by atoms with E-state index < -0.39 is 0 Å². The molecular weight excluding hydrogens is 148 g/mol. The highest BCUT2D eigenvalue weighted by molar-refractivity contribution is 6.32. The van der Waals surface area contributed by atoms with Gasteiger partial charge in [-0.3, -0.25) is 0 Å². The summed E-state index contributed by atoms with van der Waals surface area (Å²) in [5.74, 6) is 0.682. The summed E-state index contributed by atoms with van der Waals surface area (Å²) < 4.78 is 4.96. The Morgan fingerprint density at radius 3 is 2.70 bits per heavy atom. The number of ether oxygens (including phenoxy) is 1. The molecule has 0 aromatic heterocycles. The Balaban J connectivity index is 3.14. The van der Waals surface area contributed by atoms with E-state index in [4.69, 9.17) is 16.3 Å². The van der Waals surface area contributed by atoms with E-state index in [-0.39, 0.29) is 0 Å². The Hall–Kier alpha value is -0.690. The van der Waals surface area contributed by atoms with Crippen molar-refractivity contribution in [2.24, 2.45) is 0 Å². The lowest BCUT2D eigenvalue weighted by Crippen LogP contribution is -1.85. The Labute approximate surface area is 65.6 Å². The summed E-state index contributed by atoms with van der Waals surface area (Å²) in [4.78, 5) is 0. The Morgan fingerprint density at radius 1 is 1.50 bits per heavy atom. The minimum absolute atomic E-state index is 0.668. The Kier molecular flexibility index (Phi) is 2.17. The molecule has 10 heavy (non-hydrogen) atoms. The van der Waals surface area contributed by atoms with Crippen LogP contribution in [-0.2, 0) is 0 Å². The smallest absolute Gasteiger partial charge is 0.138 e. The lowest BCUT2D eigenvalue weighted by molar-refractivity contribution is 0.414. The second-order valence-corrected chi connectivity index (χ2v) is 2.40. The summed E-state index contributed by atoms with van der Waals surface area (Å²) in [6.45, 7) is 1.92. The number of benzene rings is 1. The molecule has 0 spiro atoms. The number of methoxy groups -OCH3 is 1. The van der Waals surface area contributed by atoms with Crippen LogP contribution in [0, 0.1) is 13.0 Å². The molecule has 1 nitrogen and oxygen atoms in total. The number of hydrogen-bond acceptors (Lipinski definition) is 1. The summed E-state index contributed by atoms with van der Waals surface area (Å²) in [6, 6.07) is 6.45. The molecule has 0 aliphatic heterocycles. The fraction of sp³-hybridized carbons (Fsp3) is 0.250. The van der Waals surface area contributed by atoms with Crippen LogP contribution in [0.4, 0.5) is 0 Å². The van der Waals surface area contributed by atoms with Crippen molar-refractivity contribution in [3.63, 3.8) is 0 Å². The topological polar surface area (TPSA) is 9.23 Å². The molecule has 0 unspecified atom stereocenters. The first-order valence-electron chi connectivity index (χ1n) is 2.96. The SMILES string of the molecule is COc1c[c]cc(C)c1Cl. The van der Waals surface area contributed by atoms with Crippen LogP contribution in [0.3, 0.4) is 0 Å². The van der Waals surface area contributed by atoms with Gasteiger partial charge in [0.1, 0.15) is 5.75 Å². The van der Waals surface area contributed by atoms with Gasteiger partial charge in [-0.2, -0.15) is 0 Å². The van der Waals surface area contributed by atoms with Crippen molar-refractivity contribution in [1.29, 1.82) is 0 Å². The normalized spacial score (nSPS) is 9.50. The molecule has 0 heterocycles. The maximum Gasteiger partial charge on any atom is 0.138 e. The highest BCUT2D eigenvalue weighted by Crippen LogP contribution is 2.26. The zero-order chi connectivity index (χ0) is 7.56. The third-order valence-electron chi connectivity index (χ3n) is 1.30. The predicted octanol–water partition coefficient (Wildman–Crippen LogP) is 2.46. The molecular formula is C8H8ClO. The fourth-order valence-corrected chi connectivity index (χ4v) is 0.898. The molecule has 1 aromatic carbocycles. The maximum atomic E-state index is 5.85. The van der Waals surface area contributed by atoms with Crippen LogP contribution in [0.15, 0.2) is 12.1 Å². The van der Waals surface area contributed by atoms with Gasteiger partial charge < -0.3 is 4.74 Å². The molecule has 0 N–H and O–H groups in total. The van der Waals surface area contributed by atoms with Crippen LogP contribution < -0.4 is 4.74 Å². The molecule has 0 saturated heterocycles. The second kappa shape index (κ2) is 2.93. The van der Waals surface area contributed by atoms with Gasteiger partial charge in [-0.1, -0.05) is 11.6 Å². The lowest BCUT2D eigenvalue weighted by atomic mass is 10.2. The summed E-state index contributed by atoms with van der Waals surface area (Å²) in [5.41, 5.74) is 0.987. The molecule has 2 heteroatoms. The first-order chi connectivity index (χ1) is 4.75. The molecule has 1 radical (unpaired) electrons. The molecule has 53 valence electrons. The van der Waals surface area contributed by atoms with Gasteiger partial charge in [-0.15, -0.1) is 0 Å². The van der Waals surface area contributed by atoms with E-state index in [9.17, 15) is 0 Å². The van der Waals surface area contributed by atoms with Gasteiger partial charge in [0.2, 0.25) is 0 Å². The van der Waals surface area contributed by atoms with E-state index >= 15 is 0 Å². The van der Waals surface area contributed by atoms with Gasteiger partial charge in [-0.05, 0) is 30.7 Å². The quantitative estimate of drug-likeness (QED) is 0.606. The molecule has 0 saturated carbocycles. The zero-order valence-corrected chi connectivity index (χ0v) is 6.70. The number of halogens is 1. The number of rotatable bonds is 1. The molecule has 0 bridgehead atoms. The average Bonchev–Trinajstić information content (AvgIpc) is 1.95. The molecule has 0 amide bonds. The van der Waals surface area contributed by atoms with Crippen molar-refractivity contribution in [3.8, 4) is 5.75 Å². The van der Waals surface area contributed by atoms with Gasteiger partial charge in [-0.25, -0.2) is 0 Å². The van der Waals surface area contributed by atoms with Crippen molar-refractivity contribution < 1.29 is 4.74 Å². The van der Waals surface area contributed by atoms with Crippen LogP contribution in [-0.4, -0.2) is 7.11 Å². The molecule has 0 atom stereocenters. The fourth-order valence-electron chi connectivity index (χ4n) is 0.712. The average molecular weight is 156 g/mol. The van der Waals surface area contributed by atoms with Crippen LogP contribution in [0.5, 0.6) is 5.75 Å². The van der Waals surface area contributed by atoms with Gasteiger partial charge in [0.15, 0.2) is 0 Å². The number of hydrogen-bond donors (Lipinski definition) is 0. The second-order valence-electron chi connectivity index (χ2n) is 2.02. The van der Waals surface area contributed by atoms with Gasteiger partial charge >= 0.3 is 0 Å².